The number of hydrogen-bond acceptors (Lipinski definition) is 6. The topological polar surface area (TPSA) is 71.1 Å². The zero-order valence-corrected chi connectivity index (χ0v) is 26.8. The Morgan fingerprint density at radius 2 is 0.738 bits per heavy atom. The van der Waals surface area contributed by atoms with Crippen molar-refractivity contribution in [2.24, 2.45) is 47.3 Å². The van der Waals surface area contributed by atoms with Crippen molar-refractivity contribution in [3.63, 3.8) is 0 Å². The van der Waals surface area contributed by atoms with E-state index in [0.29, 0.717) is 97.4 Å². The van der Waals surface area contributed by atoms with Gasteiger partial charge in [0.25, 0.3) is 0 Å². The van der Waals surface area contributed by atoms with Gasteiger partial charge < -0.3 is 18.9 Å². The van der Waals surface area contributed by atoms with Gasteiger partial charge in [-0.15, -0.1) is 0 Å². The largest absolute Gasteiger partial charge is 0.462 e. The van der Waals surface area contributed by atoms with E-state index in [-0.39, 0.29) is 24.1 Å². The molecular formula is C36H58O6. The fraction of sp³-hybridized carbons (Fsp3) is 0.944. The lowest BCUT2D eigenvalue weighted by molar-refractivity contribution is -0.170. The Bertz CT molecular complexity index is 810. The van der Waals surface area contributed by atoms with Crippen molar-refractivity contribution in [3.8, 4) is 0 Å². The Kier molecular flexibility index (Phi) is 9.90. The zero-order chi connectivity index (χ0) is 29.4. The fourth-order valence-electron chi connectivity index (χ4n) is 10.4. The Morgan fingerprint density at radius 3 is 1.00 bits per heavy atom. The van der Waals surface area contributed by atoms with Gasteiger partial charge in [0.05, 0.1) is 24.4 Å². The lowest BCUT2D eigenvalue weighted by atomic mass is 9.66. The van der Waals surface area contributed by atoms with Gasteiger partial charge in [0.2, 0.25) is 0 Å². The van der Waals surface area contributed by atoms with Crippen molar-refractivity contribution in [1.29, 1.82) is 0 Å². The highest BCUT2D eigenvalue weighted by Crippen LogP contribution is 2.48. The lowest BCUT2D eigenvalue weighted by Crippen LogP contribution is -2.48. The number of carbonyl (C=O) groups is 2. The van der Waals surface area contributed by atoms with E-state index in [0.717, 1.165) is 77.0 Å². The molecule has 6 nitrogen and oxygen atoms in total. The summed E-state index contributed by atoms with van der Waals surface area (Å²) in [7, 11) is 0. The Balaban J connectivity index is 1.34. The molecule has 7 saturated heterocycles. The summed E-state index contributed by atoms with van der Waals surface area (Å²) in [6.45, 7) is 9.50. The Hall–Kier alpha value is -1.14. The predicted octanol–water partition coefficient (Wildman–Crippen LogP) is 7.65. The highest BCUT2D eigenvalue weighted by molar-refractivity contribution is 5.71. The SMILES string of the molecule is CC1CC2CCC1C1OC(=O)CCCCC(=O)OC(C3CCC(CC3C)O2)C2CCC(CC2C)OC2CCC1C(C)C2. The van der Waals surface area contributed by atoms with Crippen molar-refractivity contribution in [3.05, 3.63) is 0 Å². The summed E-state index contributed by atoms with van der Waals surface area (Å²) < 4.78 is 26.7. The average Bonchev–Trinajstić information content (AvgIpc) is 2.94. The maximum Gasteiger partial charge on any atom is 0.306 e. The molecule has 42 heavy (non-hydrogen) atoms. The molecule has 0 aromatic heterocycles. The van der Waals surface area contributed by atoms with Gasteiger partial charge in [0.1, 0.15) is 12.2 Å². The smallest absolute Gasteiger partial charge is 0.306 e. The molecule has 0 spiro atoms. The summed E-state index contributed by atoms with van der Waals surface area (Å²) in [5.74, 6) is 3.23. The summed E-state index contributed by atoms with van der Waals surface area (Å²) in [6.07, 6.45) is 16.0. The standard InChI is InChI=1S/C36H58O6/c1-21-17-25-9-13-29(21)35-30-14-10-27(18-22(30)2)40-28-12-16-32(24(4)20-28)36(31-15-11-26(39-25)19-23(31)3)42-34(38)8-6-5-7-33(37)41-35/h21-32,35-36H,5-20H2,1-4H3. The van der Waals surface area contributed by atoms with E-state index in [1.807, 2.05) is 0 Å². The average molecular weight is 587 g/mol. The third kappa shape index (κ3) is 6.90. The third-order valence-corrected chi connectivity index (χ3v) is 12.8. The minimum atomic E-state index is -0.0861. The Labute approximate surface area is 254 Å². The van der Waals surface area contributed by atoms with E-state index in [4.69, 9.17) is 18.9 Å². The first kappa shape index (κ1) is 30.9. The molecule has 11 fully saturated rings. The molecule has 238 valence electrons. The number of esters is 2. The molecule has 12 unspecified atom stereocenters. The van der Waals surface area contributed by atoms with Gasteiger partial charge in [-0.25, -0.2) is 0 Å². The second-order valence-electron chi connectivity index (χ2n) is 15.7. The molecule has 4 aliphatic carbocycles. The number of carbonyl (C=O) groups excluding carboxylic acids is 2. The van der Waals surface area contributed by atoms with E-state index in [2.05, 4.69) is 27.7 Å². The number of fused-ring (bicyclic) bond motifs is 2. The first-order chi connectivity index (χ1) is 20.2. The van der Waals surface area contributed by atoms with Crippen molar-refractivity contribution in [2.75, 3.05) is 0 Å². The maximum atomic E-state index is 13.3. The van der Waals surface area contributed by atoms with Gasteiger partial charge in [0.15, 0.2) is 0 Å². The molecular weight excluding hydrogens is 528 g/mol. The second kappa shape index (κ2) is 13.5. The van der Waals surface area contributed by atoms with Gasteiger partial charge in [-0.1, -0.05) is 27.7 Å². The number of hydrogen-bond donors (Lipinski definition) is 0. The molecule has 11 aliphatic rings. The van der Waals surface area contributed by atoms with Crippen LogP contribution in [0.25, 0.3) is 0 Å². The molecule has 10 bridgehead atoms. The van der Waals surface area contributed by atoms with E-state index >= 15 is 0 Å². The quantitative estimate of drug-likeness (QED) is 0.272. The molecule has 6 heteroatoms. The first-order valence-electron chi connectivity index (χ1n) is 17.9. The second-order valence-corrected chi connectivity index (χ2v) is 15.7. The maximum absolute atomic E-state index is 13.3. The minimum absolute atomic E-state index is 0.0368. The van der Waals surface area contributed by atoms with Crippen LogP contribution in [0.4, 0.5) is 0 Å². The molecule has 0 N–H and O–H groups in total. The van der Waals surface area contributed by atoms with Gasteiger partial charge in [0, 0.05) is 12.8 Å². The fourth-order valence-corrected chi connectivity index (χ4v) is 10.4. The van der Waals surface area contributed by atoms with Crippen LogP contribution in [0.5, 0.6) is 0 Å². The van der Waals surface area contributed by atoms with Gasteiger partial charge in [-0.2, -0.15) is 0 Å². The molecule has 0 amide bonds. The minimum Gasteiger partial charge on any atom is -0.462 e. The number of rotatable bonds is 0. The molecule has 11 rings (SSSR count). The lowest BCUT2D eigenvalue weighted by Gasteiger charge is -2.48. The predicted molar refractivity (Wildman–Crippen MR) is 162 cm³/mol. The molecule has 0 radical (unpaired) electrons. The summed E-state index contributed by atoms with van der Waals surface area (Å²) in [5.41, 5.74) is 0. The molecule has 0 aromatic carbocycles. The Morgan fingerprint density at radius 1 is 0.452 bits per heavy atom. The summed E-state index contributed by atoms with van der Waals surface area (Å²) in [4.78, 5) is 26.6. The van der Waals surface area contributed by atoms with Gasteiger partial charge in [-0.3, -0.25) is 9.59 Å². The van der Waals surface area contributed by atoms with Crippen LogP contribution in [-0.2, 0) is 28.5 Å². The highest BCUT2D eigenvalue weighted by Gasteiger charge is 2.47. The molecule has 0 aromatic rings. The van der Waals surface area contributed by atoms with Crippen molar-refractivity contribution in [1.82, 2.24) is 0 Å². The van der Waals surface area contributed by atoms with E-state index < -0.39 is 0 Å². The summed E-state index contributed by atoms with van der Waals surface area (Å²) in [5, 5.41) is 0. The zero-order valence-electron chi connectivity index (χ0n) is 26.8. The van der Waals surface area contributed by atoms with Crippen molar-refractivity contribution >= 4 is 11.9 Å². The van der Waals surface area contributed by atoms with E-state index in [1.54, 1.807) is 0 Å². The van der Waals surface area contributed by atoms with Crippen LogP contribution in [0.1, 0.15) is 130 Å². The van der Waals surface area contributed by atoms with Crippen LogP contribution in [0.2, 0.25) is 0 Å². The first-order valence-corrected chi connectivity index (χ1v) is 17.9. The molecule has 4 saturated carbocycles. The molecule has 12 atom stereocenters. The summed E-state index contributed by atoms with van der Waals surface area (Å²) in [6, 6.07) is 0. The van der Waals surface area contributed by atoms with Crippen LogP contribution < -0.4 is 0 Å². The van der Waals surface area contributed by atoms with Crippen LogP contribution in [0, 0.1) is 47.3 Å². The van der Waals surface area contributed by atoms with Gasteiger partial charge in [-0.05, 0) is 137 Å². The van der Waals surface area contributed by atoms with E-state index in [9.17, 15) is 9.59 Å². The van der Waals surface area contributed by atoms with Crippen molar-refractivity contribution < 1.29 is 28.5 Å². The molecule has 7 heterocycles. The normalized spacial score (nSPS) is 49.1. The van der Waals surface area contributed by atoms with Crippen LogP contribution in [-0.4, -0.2) is 48.6 Å². The summed E-state index contributed by atoms with van der Waals surface area (Å²) >= 11 is 0. The van der Waals surface area contributed by atoms with E-state index in [1.165, 1.54) is 0 Å². The molecule has 7 aliphatic heterocycles. The van der Waals surface area contributed by atoms with Crippen LogP contribution in [0.15, 0.2) is 0 Å². The van der Waals surface area contributed by atoms with Gasteiger partial charge >= 0.3 is 11.9 Å². The van der Waals surface area contributed by atoms with Crippen molar-refractivity contribution in [2.45, 2.75) is 167 Å². The van der Waals surface area contributed by atoms with Crippen LogP contribution in [0.3, 0.4) is 0 Å². The third-order valence-electron chi connectivity index (χ3n) is 12.8. The van der Waals surface area contributed by atoms with Crippen LogP contribution >= 0.6 is 0 Å². The highest BCUT2D eigenvalue weighted by atomic mass is 16.6. The monoisotopic (exact) mass is 586 g/mol. The number of ether oxygens (including phenoxy) is 4.